The van der Waals surface area contributed by atoms with Crippen LogP contribution in [0.1, 0.15) is 12.8 Å². The quantitative estimate of drug-likeness (QED) is 0.819. The number of aromatic nitrogens is 4. The van der Waals surface area contributed by atoms with Crippen molar-refractivity contribution >= 4 is 28.7 Å². The summed E-state index contributed by atoms with van der Waals surface area (Å²) in [6.07, 6.45) is 6.41. The van der Waals surface area contributed by atoms with E-state index in [1.807, 2.05) is 4.57 Å². The van der Waals surface area contributed by atoms with E-state index in [2.05, 4.69) is 38.3 Å². The molecule has 0 spiro atoms. The molecule has 0 aromatic carbocycles. The molecule has 7 nitrogen and oxygen atoms in total. The zero-order chi connectivity index (χ0) is 16.2. The average molecular weight is 312 g/mol. The van der Waals surface area contributed by atoms with Crippen molar-refractivity contribution in [3.63, 3.8) is 0 Å². The Bertz CT molecular complexity index is 740. The van der Waals surface area contributed by atoms with Crippen molar-refractivity contribution in [3.8, 4) is 0 Å². The average Bonchev–Trinajstić information content (AvgIpc) is 2.96. The van der Waals surface area contributed by atoms with E-state index in [1.165, 1.54) is 0 Å². The van der Waals surface area contributed by atoms with Crippen LogP contribution in [0, 0.1) is 0 Å². The molecule has 0 amide bonds. The molecule has 1 saturated heterocycles. The van der Waals surface area contributed by atoms with Crippen molar-refractivity contribution in [1.82, 2.24) is 19.5 Å². The predicted octanol–water partition coefficient (Wildman–Crippen LogP) is 1.78. The van der Waals surface area contributed by atoms with Gasteiger partial charge < -0.3 is 14.8 Å². The van der Waals surface area contributed by atoms with Crippen LogP contribution in [0.25, 0.3) is 11.2 Å². The summed E-state index contributed by atoms with van der Waals surface area (Å²) in [6, 6.07) is 0. The molecule has 1 aliphatic rings. The molecule has 23 heavy (non-hydrogen) atoms. The number of allylic oxidation sites excluding steroid dienone is 1. The van der Waals surface area contributed by atoms with Crippen molar-refractivity contribution in [1.29, 1.82) is 0 Å². The van der Waals surface area contributed by atoms with Crippen molar-refractivity contribution in [2.45, 2.75) is 19.4 Å². The fourth-order valence-corrected chi connectivity index (χ4v) is 2.63. The van der Waals surface area contributed by atoms with E-state index in [-0.39, 0.29) is 0 Å². The Hall–Kier alpha value is -2.70. The number of carbonyl (C=O) groups excluding carboxylic acids is 1. The first-order valence-electron chi connectivity index (χ1n) is 7.68. The summed E-state index contributed by atoms with van der Waals surface area (Å²) >= 11 is 0. The summed E-state index contributed by atoms with van der Waals surface area (Å²) in [5.41, 5.74) is 1.52. The van der Waals surface area contributed by atoms with Gasteiger partial charge in [-0.25, -0.2) is 4.98 Å². The highest BCUT2D eigenvalue weighted by Crippen LogP contribution is 2.26. The Morgan fingerprint density at radius 2 is 2.00 bits per heavy atom. The normalized spacial score (nSPS) is 15.0. The zero-order valence-corrected chi connectivity index (χ0v) is 13.0. The van der Waals surface area contributed by atoms with Gasteiger partial charge in [-0.3, -0.25) is 4.79 Å². The summed E-state index contributed by atoms with van der Waals surface area (Å²) < 4.78 is 1.93. The second-order valence-corrected chi connectivity index (χ2v) is 5.42. The van der Waals surface area contributed by atoms with Crippen molar-refractivity contribution in [3.05, 3.63) is 31.6 Å². The van der Waals surface area contributed by atoms with E-state index in [1.54, 1.807) is 18.5 Å². The predicted molar refractivity (Wildman–Crippen MR) is 90.7 cm³/mol. The van der Waals surface area contributed by atoms with E-state index in [0.717, 1.165) is 17.0 Å². The zero-order valence-electron chi connectivity index (χ0n) is 13.0. The molecular formula is C16H20N6O. The lowest BCUT2D eigenvalue weighted by molar-refractivity contribution is -0.119. The number of carbonyl (C=O) groups is 1. The first-order valence-corrected chi connectivity index (χ1v) is 7.68. The van der Waals surface area contributed by atoms with Crippen LogP contribution >= 0.6 is 0 Å². The number of anilines is 2. The number of ketones is 1. The van der Waals surface area contributed by atoms with Gasteiger partial charge in [0.05, 0.1) is 6.33 Å². The second-order valence-electron chi connectivity index (χ2n) is 5.42. The molecule has 1 N–H and O–H groups in total. The minimum atomic E-state index is 0.300. The van der Waals surface area contributed by atoms with Crippen LogP contribution in [0.4, 0.5) is 11.8 Å². The molecule has 7 heteroatoms. The molecule has 0 saturated carbocycles. The van der Waals surface area contributed by atoms with Crippen LogP contribution in [0.5, 0.6) is 0 Å². The third kappa shape index (κ3) is 3.08. The lowest BCUT2D eigenvalue weighted by atomic mass is 10.1. The first-order chi connectivity index (χ1) is 11.2. The summed E-state index contributed by atoms with van der Waals surface area (Å²) in [5, 5.41) is 3.13. The van der Waals surface area contributed by atoms with E-state index >= 15 is 0 Å². The Morgan fingerprint density at radius 1 is 1.22 bits per heavy atom. The Balaban J connectivity index is 2.04. The van der Waals surface area contributed by atoms with Gasteiger partial charge in [-0.1, -0.05) is 12.2 Å². The van der Waals surface area contributed by atoms with Crippen LogP contribution in [0.15, 0.2) is 31.6 Å². The molecular weight excluding hydrogens is 292 g/mol. The van der Waals surface area contributed by atoms with Crippen molar-refractivity contribution < 1.29 is 4.79 Å². The van der Waals surface area contributed by atoms with Crippen LogP contribution < -0.4 is 10.2 Å². The van der Waals surface area contributed by atoms with Crippen LogP contribution in [0.3, 0.4) is 0 Å². The van der Waals surface area contributed by atoms with Crippen molar-refractivity contribution in [2.24, 2.45) is 0 Å². The maximum Gasteiger partial charge on any atom is 0.227 e. The number of hydrogen-bond acceptors (Lipinski definition) is 6. The van der Waals surface area contributed by atoms with Crippen LogP contribution in [-0.2, 0) is 11.3 Å². The standard InChI is InChI=1S/C16H20N6O/c1-3-7-17-16-19-14(21-9-5-12(23)6-10-21)13-15(20-16)22(8-4-2)11-18-13/h3-4,11H,1-2,5-10H2,(H,17,19,20). The summed E-state index contributed by atoms with van der Waals surface area (Å²) in [5.74, 6) is 1.61. The lowest BCUT2D eigenvalue weighted by Gasteiger charge is -2.27. The Morgan fingerprint density at radius 3 is 2.70 bits per heavy atom. The van der Waals surface area contributed by atoms with Crippen LogP contribution in [0.2, 0.25) is 0 Å². The monoisotopic (exact) mass is 312 g/mol. The molecule has 3 heterocycles. The van der Waals surface area contributed by atoms with E-state index in [9.17, 15) is 4.79 Å². The minimum absolute atomic E-state index is 0.300. The number of rotatable bonds is 6. The number of Topliss-reactive ketones (excluding diaryl/α,β-unsaturated/α-hetero) is 1. The Kier molecular flexibility index (Phi) is 4.36. The van der Waals surface area contributed by atoms with E-state index in [0.29, 0.717) is 50.8 Å². The minimum Gasteiger partial charge on any atom is -0.354 e. The highest BCUT2D eigenvalue weighted by molar-refractivity contribution is 5.87. The topological polar surface area (TPSA) is 75.9 Å². The van der Waals surface area contributed by atoms with E-state index < -0.39 is 0 Å². The van der Waals surface area contributed by atoms with Crippen molar-refractivity contribution in [2.75, 3.05) is 29.9 Å². The molecule has 0 unspecified atom stereocenters. The number of nitrogens with zero attached hydrogens (tertiary/aromatic N) is 5. The smallest absolute Gasteiger partial charge is 0.227 e. The summed E-state index contributed by atoms with van der Waals surface area (Å²) in [6.45, 7) is 10.0. The summed E-state index contributed by atoms with van der Waals surface area (Å²) in [4.78, 5) is 27.2. The van der Waals surface area contributed by atoms with Gasteiger partial charge in [0.25, 0.3) is 0 Å². The SMILES string of the molecule is C=CCNc1nc(N2CCC(=O)CC2)c2ncn(CC=C)c2n1. The number of nitrogens with one attached hydrogen (secondary N) is 1. The molecule has 1 aliphatic heterocycles. The van der Waals surface area contributed by atoms with E-state index in [4.69, 9.17) is 0 Å². The Labute approximate surface area is 134 Å². The fourth-order valence-electron chi connectivity index (χ4n) is 2.63. The third-order valence-electron chi connectivity index (χ3n) is 3.80. The van der Waals surface area contributed by atoms with Gasteiger partial charge in [-0.2, -0.15) is 9.97 Å². The van der Waals surface area contributed by atoms with Gasteiger partial charge in [0.15, 0.2) is 17.0 Å². The van der Waals surface area contributed by atoms with Gasteiger partial charge in [-0.15, -0.1) is 13.2 Å². The van der Waals surface area contributed by atoms with Gasteiger partial charge in [0.1, 0.15) is 5.78 Å². The highest BCUT2D eigenvalue weighted by atomic mass is 16.1. The maximum absolute atomic E-state index is 11.5. The molecule has 1 fully saturated rings. The molecule has 3 rings (SSSR count). The maximum atomic E-state index is 11.5. The number of fused-ring (bicyclic) bond motifs is 1. The van der Waals surface area contributed by atoms with Gasteiger partial charge >= 0.3 is 0 Å². The molecule has 2 aromatic rings. The second kappa shape index (κ2) is 6.60. The van der Waals surface area contributed by atoms with Crippen LogP contribution in [-0.4, -0.2) is 44.9 Å². The molecule has 0 bridgehead atoms. The highest BCUT2D eigenvalue weighted by Gasteiger charge is 2.22. The largest absolute Gasteiger partial charge is 0.354 e. The molecule has 0 radical (unpaired) electrons. The van der Waals surface area contributed by atoms with Gasteiger partial charge in [0, 0.05) is 39.0 Å². The molecule has 0 atom stereocenters. The van der Waals surface area contributed by atoms with Gasteiger partial charge in [-0.05, 0) is 0 Å². The number of piperidine rings is 1. The molecule has 0 aliphatic carbocycles. The molecule has 120 valence electrons. The van der Waals surface area contributed by atoms with Gasteiger partial charge in [0.2, 0.25) is 5.95 Å². The first kappa shape index (κ1) is 15.2. The number of imidazole rings is 1. The third-order valence-corrected chi connectivity index (χ3v) is 3.80. The number of hydrogen-bond donors (Lipinski definition) is 1. The fraction of sp³-hybridized carbons (Fsp3) is 0.375. The summed E-state index contributed by atoms with van der Waals surface area (Å²) in [7, 11) is 0. The lowest BCUT2D eigenvalue weighted by Crippen LogP contribution is -2.34. The molecule has 2 aromatic heterocycles.